The monoisotopic (exact) mass is 331 g/mol. The van der Waals surface area contributed by atoms with Crippen molar-refractivity contribution < 1.29 is 0 Å². The summed E-state index contributed by atoms with van der Waals surface area (Å²) in [6, 6.07) is 0.657. The number of thioether (sulfide) groups is 1. The Morgan fingerprint density at radius 1 is 1.17 bits per heavy atom. The molecule has 0 radical (unpaired) electrons. The molecule has 3 aliphatic rings. The van der Waals surface area contributed by atoms with Gasteiger partial charge in [-0.05, 0) is 30.6 Å². The van der Waals surface area contributed by atoms with Crippen LogP contribution in [-0.4, -0.2) is 29.3 Å². The minimum atomic E-state index is 0.657. The second-order valence-electron chi connectivity index (χ2n) is 8.39. The number of nitrogens with zero attached hydrogens (tertiary/aromatic N) is 1. The molecule has 23 heavy (non-hydrogen) atoms. The molecule has 3 rings (SSSR count). The molecule has 2 aliphatic heterocycles. The van der Waals surface area contributed by atoms with E-state index in [1.807, 2.05) is 0 Å². The molecule has 0 aromatic carbocycles. The van der Waals surface area contributed by atoms with Gasteiger partial charge in [0.2, 0.25) is 0 Å². The molecule has 1 nitrogen and oxygen atoms in total. The van der Waals surface area contributed by atoms with Crippen molar-refractivity contribution >= 4 is 11.8 Å². The molecule has 1 saturated heterocycles. The van der Waals surface area contributed by atoms with E-state index in [0.717, 1.165) is 17.8 Å². The minimum absolute atomic E-state index is 0.657. The summed E-state index contributed by atoms with van der Waals surface area (Å²) < 4.78 is 0. The van der Waals surface area contributed by atoms with Crippen LogP contribution in [0.4, 0.5) is 0 Å². The highest BCUT2D eigenvalue weighted by Crippen LogP contribution is 2.42. The van der Waals surface area contributed by atoms with Gasteiger partial charge in [-0.2, -0.15) is 0 Å². The second-order valence-corrected chi connectivity index (χ2v) is 9.85. The lowest BCUT2D eigenvalue weighted by atomic mass is 9.84. The predicted molar refractivity (Wildman–Crippen MR) is 104 cm³/mol. The minimum Gasteiger partial charge on any atom is -0.295 e. The largest absolute Gasteiger partial charge is 0.295 e. The predicted octanol–water partition coefficient (Wildman–Crippen LogP) is 5.51. The third-order valence-electron chi connectivity index (χ3n) is 5.67. The third kappa shape index (κ3) is 3.96. The van der Waals surface area contributed by atoms with Crippen LogP contribution in [0.25, 0.3) is 0 Å². The van der Waals surface area contributed by atoms with Gasteiger partial charge in [0.25, 0.3) is 0 Å². The first-order chi connectivity index (χ1) is 10.9. The maximum absolute atomic E-state index is 2.72. The molecule has 0 aromatic heterocycles. The molecule has 4 unspecified atom stereocenters. The summed E-state index contributed by atoms with van der Waals surface area (Å²) in [5.74, 6) is 2.95. The van der Waals surface area contributed by atoms with Crippen molar-refractivity contribution in [3.8, 4) is 0 Å². The van der Waals surface area contributed by atoms with Gasteiger partial charge in [0.15, 0.2) is 0 Å². The van der Waals surface area contributed by atoms with E-state index in [0.29, 0.717) is 17.2 Å². The third-order valence-corrected chi connectivity index (χ3v) is 7.14. The van der Waals surface area contributed by atoms with Gasteiger partial charge in [0.05, 0.1) is 0 Å². The summed E-state index contributed by atoms with van der Waals surface area (Å²) in [6.07, 6.45) is 12.7. The van der Waals surface area contributed by atoms with E-state index < -0.39 is 0 Å². The molecular weight excluding hydrogens is 298 g/mol. The van der Waals surface area contributed by atoms with E-state index >= 15 is 0 Å². The van der Waals surface area contributed by atoms with Crippen LogP contribution in [0.5, 0.6) is 0 Å². The zero-order chi connectivity index (χ0) is 16.6. The number of hydrogen-bond acceptors (Lipinski definition) is 2. The van der Waals surface area contributed by atoms with Gasteiger partial charge >= 0.3 is 0 Å². The zero-order valence-electron chi connectivity index (χ0n) is 15.5. The molecule has 0 spiro atoms. The summed E-state index contributed by atoms with van der Waals surface area (Å²) >= 11 is 2.06. The van der Waals surface area contributed by atoms with Crippen molar-refractivity contribution in [1.29, 1.82) is 0 Å². The summed E-state index contributed by atoms with van der Waals surface area (Å²) in [7, 11) is 0. The highest BCUT2D eigenvalue weighted by molar-refractivity contribution is 8.03. The molecule has 0 saturated carbocycles. The molecular formula is C21H33NS. The van der Waals surface area contributed by atoms with Crippen LogP contribution in [0.1, 0.15) is 47.5 Å². The van der Waals surface area contributed by atoms with Crippen molar-refractivity contribution in [2.75, 3.05) is 13.1 Å². The normalized spacial score (nSPS) is 31.9. The smallest absolute Gasteiger partial charge is 0.0350 e. The maximum Gasteiger partial charge on any atom is 0.0350 e. The highest BCUT2D eigenvalue weighted by Gasteiger charge is 2.40. The van der Waals surface area contributed by atoms with Crippen LogP contribution >= 0.6 is 11.8 Å². The molecule has 0 aromatic rings. The van der Waals surface area contributed by atoms with E-state index in [2.05, 4.69) is 75.6 Å². The van der Waals surface area contributed by atoms with E-state index in [1.165, 1.54) is 30.8 Å². The van der Waals surface area contributed by atoms with E-state index in [9.17, 15) is 0 Å². The lowest BCUT2D eigenvalue weighted by molar-refractivity contribution is 0.262. The topological polar surface area (TPSA) is 3.24 Å². The Kier molecular flexibility index (Phi) is 5.42. The van der Waals surface area contributed by atoms with Crippen molar-refractivity contribution in [3.05, 3.63) is 34.8 Å². The van der Waals surface area contributed by atoms with E-state index in [4.69, 9.17) is 0 Å². The fourth-order valence-corrected chi connectivity index (χ4v) is 5.21. The van der Waals surface area contributed by atoms with Gasteiger partial charge in [0.1, 0.15) is 0 Å². The molecule has 1 fully saturated rings. The lowest BCUT2D eigenvalue weighted by Crippen LogP contribution is -2.35. The van der Waals surface area contributed by atoms with E-state index in [-0.39, 0.29) is 0 Å². The molecule has 0 bridgehead atoms. The molecule has 2 heterocycles. The Bertz CT molecular complexity index is 514. The van der Waals surface area contributed by atoms with Crippen LogP contribution in [0.15, 0.2) is 34.8 Å². The number of rotatable bonds is 5. The highest BCUT2D eigenvalue weighted by atomic mass is 32.2. The van der Waals surface area contributed by atoms with Gasteiger partial charge in [-0.1, -0.05) is 64.5 Å². The fourth-order valence-electron chi connectivity index (χ4n) is 4.10. The van der Waals surface area contributed by atoms with Crippen molar-refractivity contribution in [3.63, 3.8) is 0 Å². The fraction of sp³-hybridized carbons (Fsp3) is 0.714. The second kappa shape index (κ2) is 7.19. The standard InChI is InChI=1S/C21H33NS/c1-14(2)10-17-8-9-22-13-18-12-19(23-16(5)15(3)4)6-7-20(18)21(22)11-17/h6-7,11-12,14-16,18,20-21H,8-10,13H2,1-5H3. The van der Waals surface area contributed by atoms with Crippen molar-refractivity contribution in [2.45, 2.75) is 58.8 Å². The zero-order valence-corrected chi connectivity index (χ0v) is 16.3. The first kappa shape index (κ1) is 17.4. The first-order valence-electron chi connectivity index (χ1n) is 9.44. The molecule has 1 aliphatic carbocycles. The van der Waals surface area contributed by atoms with Crippen molar-refractivity contribution in [2.24, 2.45) is 23.7 Å². The van der Waals surface area contributed by atoms with Gasteiger partial charge in [0, 0.05) is 35.2 Å². The summed E-state index contributed by atoms with van der Waals surface area (Å²) in [6.45, 7) is 14.2. The first-order valence-corrected chi connectivity index (χ1v) is 10.3. The Labute approximate surface area is 147 Å². The molecule has 0 amide bonds. The molecule has 4 atom stereocenters. The Balaban J connectivity index is 1.69. The SMILES string of the molecule is CC(C)CC1=CC2C3C=CC(SC(C)C(C)C)=CC3CN2CC1. The number of fused-ring (bicyclic) bond motifs is 3. The van der Waals surface area contributed by atoms with Crippen LogP contribution in [0, 0.1) is 23.7 Å². The quantitative estimate of drug-likeness (QED) is 0.611. The lowest BCUT2D eigenvalue weighted by Gasteiger charge is -2.31. The molecule has 0 N–H and O–H groups in total. The van der Waals surface area contributed by atoms with Crippen LogP contribution in [-0.2, 0) is 0 Å². The Morgan fingerprint density at radius 3 is 2.65 bits per heavy atom. The van der Waals surface area contributed by atoms with Crippen LogP contribution in [0.3, 0.4) is 0 Å². The van der Waals surface area contributed by atoms with Gasteiger partial charge in [-0.25, -0.2) is 0 Å². The Morgan fingerprint density at radius 2 is 1.96 bits per heavy atom. The van der Waals surface area contributed by atoms with E-state index in [1.54, 1.807) is 5.57 Å². The molecule has 128 valence electrons. The summed E-state index contributed by atoms with van der Waals surface area (Å²) in [5.41, 5.74) is 1.70. The number of hydrogen-bond donors (Lipinski definition) is 0. The van der Waals surface area contributed by atoms with Crippen LogP contribution < -0.4 is 0 Å². The Hall–Kier alpha value is -0.470. The molecule has 2 heteroatoms. The van der Waals surface area contributed by atoms with Gasteiger partial charge in [-0.3, -0.25) is 4.90 Å². The average molecular weight is 332 g/mol. The average Bonchev–Trinajstić information content (AvgIpc) is 2.83. The number of allylic oxidation sites excluding steroid dienone is 1. The van der Waals surface area contributed by atoms with Gasteiger partial charge < -0.3 is 0 Å². The summed E-state index contributed by atoms with van der Waals surface area (Å²) in [5, 5.41) is 0.698. The van der Waals surface area contributed by atoms with Crippen LogP contribution in [0.2, 0.25) is 0 Å². The van der Waals surface area contributed by atoms with Crippen molar-refractivity contribution in [1.82, 2.24) is 4.90 Å². The summed E-state index contributed by atoms with van der Waals surface area (Å²) in [4.78, 5) is 4.22. The van der Waals surface area contributed by atoms with Gasteiger partial charge in [-0.15, -0.1) is 11.8 Å². The maximum atomic E-state index is 2.72.